The smallest absolute Gasteiger partial charge is 0.209 e. The van der Waals surface area contributed by atoms with E-state index in [2.05, 4.69) is 34.1 Å². The van der Waals surface area contributed by atoms with Crippen LogP contribution >= 0.6 is 6.19 Å². The molecule has 1 fully saturated rings. The van der Waals surface area contributed by atoms with E-state index in [1.54, 1.807) is 0 Å². The Bertz CT molecular complexity index is 829. The van der Waals surface area contributed by atoms with Gasteiger partial charge in [0.2, 0.25) is 10.0 Å². The molecule has 2 aromatic rings. The molecule has 4 nitrogen and oxygen atoms in total. The molecule has 1 aliphatic rings. The third kappa shape index (κ3) is 4.81. The quantitative estimate of drug-likeness (QED) is 0.721. The lowest BCUT2D eigenvalue weighted by Gasteiger charge is -2.37. The molecule has 0 amide bonds. The Morgan fingerprint density at radius 3 is 1.81 bits per heavy atom. The van der Waals surface area contributed by atoms with Gasteiger partial charge in [-0.05, 0) is 12.8 Å². The van der Waals surface area contributed by atoms with E-state index in [0.29, 0.717) is 0 Å². The van der Waals surface area contributed by atoms with Crippen LogP contribution in [-0.2, 0) is 21.8 Å². The molecule has 0 heterocycles. The molecule has 7 heteroatoms. The average Bonchev–Trinajstić information content (AvgIpc) is 2.63. The Morgan fingerprint density at radius 2 is 1.35 bits per heavy atom. The highest BCUT2D eigenvalue weighted by molar-refractivity contribution is 8.20. The van der Waals surface area contributed by atoms with Crippen molar-refractivity contribution >= 4 is 38.6 Å². The van der Waals surface area contributed by atoms with E-state index in [1.165, 1.54) is 6.26 Å². The van der Waals surface area contributed by atoms with Crippen LogP contribution in [-0.4, -0.2) is 26.8 Å². The minimum Gasteiger partial charge on any atom is -0.277 e. The molecular formula is C19H25N2O2PS2. The summed E-state index contributed by atoms with van der Waals surface area (Å²) in [4.78, 5) is 0. The average molecular weight is 409 g/mol. The maximum absolute atomic E-state index is 11.8. The van der Waals surface area contributed by atoms with Crippen molar-refractivity contribution in [1.82, 2.24) is 9.81 Å². The van der Waals surface area contributed by atoms with Crippen LogP contribution in [0.5, 0.6) is 0 Å². The highest BCUT2D eigenvalue weighted by Crippen LogP contribution is 2.41. The van der Waals surface area contributed by atoms with Crippen LogP contribution in [0.4, 0.5) is 0 Å². The summed E-state index contributed by atoms with van der Waals surface area (Å²) in [6.07, 6.45) is 2.85. The second-order valence-electron chi connectivity index (χ2n) is 6.80. The number of nitrogens with one attached hydrogen (secondary N) is 2. The molecule has 1 aliphatic carbocycles. The highest BCUT2D eigenvalue weighted by atomic mass is 32.4. The van der Waals surface area contributed by atoms with E-state index in [0.717, 1.165) is 36.3 Å². The van der Waals surface area contributed by atoms with Gasteiger partial charge in [-0.25, -0.2) is 13.1 Å². The standard InChI is InChI=1S/C19H25N2O2PS2/c1-26(22,23)21-19-15-9-8-14-18(19)20-24(25,16-10-4-2-5-11-16)17-12-6-3-7-13-17/h2-7,10-13,18-19,21H,8-9,14-15H2,1H3,(H,20,25)/t18-,19-/m1/s1. The molecule has 0 bridgehead atoms. The molecule has 0 radical (unpaired) electrons. The third-order valence-electron chi connectivity index (χ3n) is 4.72. The van der Waals surface area contributed by atoms with Gasteiger partial charge in [0.25, 0.3) is 0 Å². The second kappa shape index (κ2) is 8.32. The van der Waals surface area contributed by atoms with Gasteiger partial charge >= 0.3 is 0 Å². The molecule has 26 heavy (non-hydrogen) atoms. The summed E-state index contributed by atoms with van der Waals surface area (Å²) in [5, 5.41) is 5.94. The van der Waals surface area contributed by atoms with Crippen LogP contribution in [0.2, 0.25) is 0 Å². The summed E-state index contributed by atoms with van der Waals surface area (Å²) in [5.74, 6) is 0. The summed E-state index contributed by atoms with van der Waals surface area (Å²) in [6.45, 7) is 0. The molecule has 0 spiro atoms. The van der Waals surface area contributed by atoms with Gasteiger partial charge in [0.15, 0.2) is 0 Å². The van der Waals surface area contributed by atoms with Gasteiger partial charge in [-0.2, -0.15) is 0 Å². The van der Waals surface area contributed by atoms with E-state index in [-0.39, 0.29) is 12.1 Å². The zero-order valence-corrected chi connectivity index (χ0v) is 17.4. The fraction of sp³-hybridized carbons (Fsp3) is 0.368. The van der Waals surface area contributed by atoms with Crippen LogP contribution in [0.1, 0.15) is 25.7 Å². The molecule has 0 aromatic heterocycles. The SMILES string of the molecule is CS(=O)(=O)N[C@@H]1CCCC[C@H]1NP(=S)(c1ccccc1)c1ccccc1. The largest absolute Gasteiger partial charge is 0.277 e. The van der Waals surface area contributed by atoms with Crippen molar-refractivity contribution in [2.75, 3.05) is 6.26 Å². The van der Waals surface area contributed by atoms with Gasteiger partial charge in [-0.3, -0.25) is 5.09 Å². The number of sulfonamides is 1. The van der Waals surface area contributed by atoms with Crippen molar-refractivity contribution in [2.24, 2.45) is 0 Å². The van der Waals surface area contributed by atoms with Crippen molar-refractivity contribution < 1.29 is 8.42 Å². The third-order valence-corrected chi connectivity index (χ3v) is 9.78. The van der Waals surface area contributed by atoms with Crippen LogP contribution in [0.25, 0.3) is 0 Å². The Hall–Kier alpha value is -1.04. The molecule has 0 saturated heterocycles. The van der Waals surface area contributed by atoms with Crippen molar-refractivity contribution in [3.63, 3.8) is 0 Å². The van der Waals surface area contributed by atoms with Crippen molar-refractivity contribution in [1.29, 1.82) is 0 Å². The van der Waals surface area contributed by atoms with E-state index in [1.807, 2.05) is 36.4 Å². The summed E-state index contributed by atoms with van der Waals surface area (Å²) < 4.78 is 26.4. The zero-order valence-electron chi connectivity index (χ0n) is 14.8. The number of rotatable bonds is 6. The normalized spacial score (nSPS) is 21.4. The molecule has 3 rings (SSSR count). The summed E-state index contributed by atoms with van der Waals surface area (Å²) in [7, 11) is -3.25. The Morgan fingerprint density at radius 1 is 0.885 bits per heavy atom. The summed E-state index contributed by atoms with van der Waals surface area (Å²) in [5.41, 5.74) is 0. The minimum absolute atomic E-state index is 0.0321. The molecule has 0 unspecified atom stereocenters. The zero-order chi connectivity index (χ0) is 18.6. The first-order valence-electron chi connectivity index (χ1n) is 8.85. The van der Waals surface area contributed by atoms with Crippen LogP contribution in [0.3, 0.4) is 0 Å². The Labute approximate surface area is 161 Å². The van der Waals surface area contributed by atoms with Gasteiger partial charge in [-0.15, -0.1) is 0 Å². The predicted molar refractivity (Wildman–Crippen MR) is 114 cm³/mol. The Balaban J connectivity index is 1.96. The van der Waals surface area contributed by atoms with Crippen LogP contribution in [0.15, 0.2) is 60.7 Å². The first-order valence-corrected chi connectivity index (χ1v) is 13.5. The molecule has 2 aromatic carbocycles. The number of benzene rings is 2. The van der Waals surface area contributed by atoms with Crippen molar-refractivity contribution in [2.45, 2.75) is 37.8 Å². The van der Waals surface area contributed by atoms with Crippen molar-refractivity contribution in [3.8, 4) is 0 Å². The lowest BCUT2D eigenvalue weighted by atomic mass is 9.92. The van der Waals surface area contributed by atoms with Gasteiger partial charge in [0.05, 0.1) is 12.4 Å². The predicted octanol–water partition coefficient (Wildman–Crippen LogP) is 2.48. The molecular weight excluding hydrogens is 383 g/mol. The topological polar surface area (TPSA) is 58.2 Å². The van der Waals surface area contributed by atoms with Crippen LogP contribution < -0.4 is 20.4 Å². The van der Waals surface area contributed by atoms with E-state index in [4.69, 9.17) is 11.8 Å². The lowest BCUT2D eigenvalue weighted by Crippen LogP contribution is -2.51. The summed E-state index contributed by atoms with van der Waals surface area (Å²) in [6, 6.07) is 20.2. The van der Waals surface area contributed by atoms with Crippen LogP contribution in [0, 0.1) is 0 Å². The highest BCUT2D eigenvalue weighted by Gasteiger charge is 2.33. The fourth-order valence-electron chi connectivity index (χ4n) is 3.51. The van der Waals surface area contributed by atoms with E-state index in [9.17, 15) is 8.42 Å². The maximum Gasteiger partial charge on any atom is 0.209 e. The monoisotopic (exact) mass is 408 g/mol. The fourth-order valence-corrected chi connectivity index (χ4v) is 8.03. The number of hydrogen-bond acceptors (Lipinski definition) is 3. The van der Waals surface area contributed by atoms with E-state index >= 15 is 0 Å². The molecule has 2 atom stereocenters. The van der Waals surface area contributed by atoms with Gasteiger partial charge in [-0.1, -0.05) is 85.3 Å². The van der Waals surface area contributed by atoms with Crippen molar-refractivity contribution in [3.05, 3.63) is 60.7 Å². The number of hydrogen-bond donors (Lipinski definition) is 2. The molecule has 1 saturated carbocycles. The molecule has 140 valence electrons. The van der Waals surface area contributed by atoms with E-state index < -0.39 is 16.2 Å². The molecule has 2 N–H and O–H groups in total. The van der Waals surface area contributed by atoms with Gasteiger partial charge in [0.1, 0.15) is 0 Å². The van der Waals surface area contributed by atoms with Gasteiger partial charge in [0, 0.05) is 22.7 Å². The van der Waals surface area contributed by atoms with Gasteiger partial charge < -0.3 is 0 Å². The minimum atomic E-state index is -3.25. The first kappa shape index (κ1) is 19.7. The first-order chi connectivity index (χ1) is 12.4. The second-order valence-corrected chi connectivity index (χ2v) is 12.7. The molecule has 0 aliphatic heterocycles. The Kier molecular flexibility index (Phi) is 6.31. The lowest BCUT2D eigenvalue weighted by molar-refractivity contribution is 0.346. The maximum atomic E-state index is 11.8. The summed E-state index contributed by atoms with van der Waals surface area (Å²) >= 11 is 6.23.